The molecule has 3 heterocycles. The van der Waals surface area contributed by atoms with Gasteiger partial charge in [-0.05, 0) is 77.9 Å². The van der Waals surface area contributed by atoms with E-state index in [1.54, 1.807) is 0 Å². The van der Waals surface area contributed by atoms with Crippen LogP contribution in [0.1, 0.15) is 0 Å². The Kier molecular flexibility index (Phi) is 5.00. The number of furan rings is 1. The summed E-state index contributed by atoms with van der Waals surface area (Å²) < 4.78 is 11.0. The quantitative estimate of drug-likeness (QED) is 0.206. The van der Waals surface area contributed by atoms with Crippen molar-refractivity contribution in [1.29, 1.82) is 0 Å². The van der Waals surface area contributed by atoms with Crippen LogP contribution in [0.25, 0.3) is 88.1 Å². The third-order valence-electron chi connectivity index (χ3n) is 9.31. The van der Waals surface area contributed by atoms with Crippen LogP contribution in [0.15, 0.2) is 162 Å². The number of fused-ring (bicyclic) bond motifs is 9. The molecule has 0 radical (unpaired) electrons. The fourth-order valence-corrected chi connectivity index (χ4v) is 7.29. The molecule has 0 aliphatic heterocycles. The Morgan fingerprint density at radius 1 is 0.311 bits per heavy atom. The van der Waals surface area contributed by atoms with Crippen LogP contribution in [-0.4, -0.2) is 9.13 Å². The molecule has 3 heteroatoms. The summed E-state index contributed by atoms with van der Waals surface area (Å²) in [7, 11) is 0. The predicted molar refractivity (Wildman–Crippen MR) is 188 cm³/mol. The molecule has 0 aliphatic rings. The van der Waals surface area contributed by atoms with Crippen LogP contribution in [0.3, 0.4) is 0 Å². The lowest BCUT2D eigenvalue weighted by Crippen LogP contribution is -1.93. The van der Waals surface area contributed by atoms with Crippen LogP contribution in [0.2, 0.25) is 0 Å². The van der Waals surface area contributed by atoms with Gasteiger partial charge in [0.05, 0.1) is 22.1 Å². The monoisotopic (exact) mass is 574 g/mol. The van der Waals surface area contributed by atoms with Gasteiger partial charge in [0.25, 0.3) is 0 Å². The van der Waals surface area contributed by atoms with E-state index in [9.17, 15) is 0 Å². The van der Waals surface area contributed by atoms with E-state index in [-0.39, 0.29) is 0 Å². The Balaban J connectivity index is 1.17. The molecule has 0 aliphatic carbocycles. The van der Waals surface area contributed by atoms with Crippen LogP contribution >= 0.6 is 0 Å². The fraction of sp³-hybridized carbons (Fsp3) is 0. The van der Waals surface area contributed by atoms with Crippen molar-refractivity contribution in [3.05, 3.63) is 158 Å². The fourth-order valence-electron chi connectivity index (χ4n) is 7.29. The normalized spacial score (nSPS) is 12.0. The van der Waals surface area contributed by atoms with E-state index in [2.05, 4.69) is 155 Å². The first-order chi connectivity index (χ1) is 22.3. The first-order valence-corrected chi connectivity index (χ1v) is 15.4. The zero-order chi connectivity index (χ0) is 29.5. The lowest BCUT2D eigenvalue weighted by atomic mass is 10.0. The van der Waals surface area contributed by atoms with Gasteiger partial charge in [-0.25, -0.2) is 0 Å². The van der Waals surface area contributed by atoms with E-state index < -0.39 is 0 Å². The number of aromatic nitrogens is 2. The number of nitrogens with zero attached hydrogens (tertiary/aromatic N) is 2. The van der Waals surface area contributed by atoms with E-state index in [4.69, 9.17) is 4.42 Å². The lowest BCUT2D eigenvalue weighted by molar-refractivity contribution is 0.668. The van der Waals surface area contributed by atoms with E-state index in [1.165, 1.54) is 60.4 Å². The van der Waals surface area contributed by atoms with Gasteiger partial charge >= 0.3 is 0 Å². The zero-order valence-electron chi connectivity index (χ0n) is 24.3. The molecule has 210 valence electrons. The molecule has 10 rings (SSSR count). The average Bonchev–Trinajstić information content (AvgIpc) is 3.75. The summed E-state index contributed by atoms with van der Waals surface area (Å²) in [5, 5.41) is 7.28. The maximum Gasteiger partial charge on any atom is 0.137 e. The maximum absolute atomic E-state index is 6.27. The molecular formula is C42H26N2O. The highest BCUT2D eigenvalue weighted by Gasteiger charge is 2.17. The molecule has 0 bridgehead atoms. The predicted octanol–water partition coefficient (Wildman–Crippen LogP) is 11.4. The molecule has 0 spiro atoms. The highest BCUT2D eigenvalue weighted by molar-refractivity contribution is 6.13. The largest absolute Gasteiger partial charge is 0.456 e. The Morgan fingerprint density at radius 2 is 0.822 bits per heavy atom. The number of hydrogen-bond donors (Lipinski definition) is 0. The Hall–Kier alpha value is -6.06. The number of hydrogen-bond acceptors (Lipinski definition) is 1. The van der Waals surface area contributed by atoms with Gasteiger partial charge < -0.3 is 13.6 Å². The Morgan fingerprint density at radius 3 is 1.49 bits per heavy atom. The van der Waals surface area contributed by atoms with Gasteiger partial charge in [-0.3, -0.25) is 0 Å². The second kappa shape index (κ2) is 9.22. The molecule has 0 unspecified atom stereocenters. The molecule has 0 saturated carbocycles. The van der Waals surface area contributed by atoms with Gasteiger partial charge in [0.2, 0.25) is 0 Å². The third-order valence-corrected chi connectivity index (χ3v) is 9.31. The Labute approximate surface area is 258 Å². The van der Waals surface area contributed by atoms with Gasteiger partial charge in [0, 0.05) is 49.8 Å². The van der Waals surface area contributed by atoms with Crippen molar-refractivity contribution in [2.75, 3.05) is 0 Å². The van der Waals surface area contributed by atoms with Crippen LogP contribution in [0.4, 0.5) is 0 Å². The minimum Gasteiger partial charge on any atom is -0.456 e. The molecule has 45 heavy (non-hydrogen) atoms. The summed E-state index contributed by atoms with van der Waals surface area (Å²) in [5.74, 6) is 0. The third kappa shape index (κ3) is 3.52. The van der Waals surface area contributed by atoms with Gasteiger partial charge in [-0.1, -0.05) is 84.9 Å². The molecule has 0 atom stereocenters. The summed E-state index contributed by atoms with van der Waals surface area (Å²) in [6.07, 6.45) is 0. The van der Waals surface area contributed by atoms with E-state index >= 15 is 0 Å². The van der Waals surface area contributed by atoms with Gasteiger partial charge in [-0.2, -0.15) is 0 Å². The van der Waals surface area contributed by atoms with Crippen molar-refractivity contribution >= 4 is 65.6 Å². The summed E-state index contributed by atoms with van der Waals surface area (Å²) in [4.78, 5) is 0. The van der Waals surface area contributed by atoms with E-state index in [0.717, 1.165) is 27.6 Å². The molecule has 3 nitrogen and oxygen atoms in total. The van der Waals surface area contributed by atoms with Crippen LogP contribution in [-0.2, 0) is 0 Å². The molecule has 7 aromatic carbocycles. The van der Waals surface area contributed by atoms with Crippen LogP contribution < -0.4 is 0 Å². The Bertz CT molecular complexity index is 2760. The average molecular weight is 575 g/mol. The van der Waals surface area contributed by atoms with Gasteiger partial charge in [0.1, 0.15) is 11.2 Å². The number of benzene rings is 7. The highest BCUT2D eigenvalue weighted by atomic mass is 16.3. The molecule has 0 saturated heterocycles. The summed E-state index contributed by atoms with van der Waals surface area (Å²) in [5.41, 5.74) is 11.3. The number of para-hydroxylation sites is 4. The van der Waals surface area contributed by atoms with Gasteiger partial charge in [-0.15, -0.1) is 0 Å². The molecule has 3 aromatic heterocycles. The van der Waals surface area contributed by atoms with Crippen molar-refractivity contribution < 1.29 is 4.42 Å². The molecule has 10 aromatic rings. The second-order valence-electron chi connectivity index (χ2n) is 11.8. The highest BCUT2D eigenvalue weighted by Crippen LogP contribution is 2.39. The van der Waals surface area contributed by atoms with Crippen LogP contribution in [0.5, 0.6) is 0 Å². The first kappa shape index (κ1) is 24.4. The molecule has 0 fully saturated rings. The summed E-state index contributed by atoms with van der Waals surface area (Å²) >= 11 is 0. The van der Waals surface area contributed by atoms with Crippen molar-refractivity contribution in [3.8, 4) is 22.5 Å². The van der Waals surface area contributed by atoms with Gasteiger partial charge in [0.15, 0.2) is 0 Å². The lowest BCUT2D eigenvalue weighted by Gasteiger charge is -2.09. The van der Waals surface area contributed by atoms with E-state index in [0.29, 0.717) is 0 Å². The second-order valence-corrected chi connectivity index (χ2v) is 11.8. The smallest absolute Gasteiger partial charge is 0.137 e. The minimum atomic E-state index is 0.902. The first-order valence-electron chi connectivity index (χ1n) is 15.4. The molecule has 0 amide bonds. The molecular weight excluding hydrogens is 548 g/mol. The topological polar surface area (TPSA) is 23.0 Å². The minimum absolute atomic E-state index is 0.902. The van der Waals surface area contributed by atoms with Crippen LogP contribution in [0, 0.1) is 0 Å². The molecule has 0 N–H and O–H groups in total. The van der Waals surface area contributed by atoms with Crippen molar-refractivity contribution in [2.45, 2.75) is 0 Å². The zero-order valence-corrected chi connectivity index (χ0v) is 24.3. The number of rotatable bonds is 3. The summed E-state index contributed by atoms with van der Waals surface area (Å²) in [6, 6.07) is 56.6. The van der Waals surface area contributed by atoms with Crippen molar-refractivity contribution in [1.82, 2.24) is 9.13 Å². The van der Waals surface area contributed by atoms with Crippen molar-refractivity contribution in [2.24, 2.45) is 0 Å². The standard InChI is InChI=1S/C42H26N2O/c1-2-10-29(11-3-1)43-37-15-7-4-12-31(37)35-24-27(18-22-39(35)43)28-19-23-40-36(25-28)32-13-5-8-16-38(32)44(40)30-20-21-34-33-14-6-9-17-41(33)45-42(34)26-30/h1-26H. The van der Waals surface area contributed by atoms with E-state index in [1.807, 2.05) is 12.1 Å². The summed E-state index contributed by atoms with van der Waals surface area (Å²) in [6.45, 7) is 0. The SMILES string of the molecule is c1ccc(-n2c3ccccc3c3cc(-c4ccc5c(c4)c4ccccc4n5-c4ccc5c(c4)oc4ccccc45)ccc32)cc1. The van der Waals surface area contributed by atoms with Crippen molar-refractivity contribution in [3.63, 3.8) is 0 Å². The maximum atomic E-state index is 6.27.